The zero-order chi connectivity index (χ0) is 20.3. The Labute approximate surface area is 163 Å². The van der Waals surface area contributed by atoms with E-state index in [1.54, 1.807) is 35.1 Å². The highest BCUT2D eigenvalue weighted by atomic mass is 16.5. The average Bonchev–Trinajstić information content (AvgIpc) is 3.23. The first-order valence-electron chi connectivity index (χ1n) is 9.08. The summed E-state index contributed by atoms with van der Waals surface area (Å²) < 4.78 is 15.9. The molecule has 150 valence electrons. The molecule has 28 heavy (non-hydrogen) atoms. The molecule has 1 fully saturated rings. The van der Waals surface area contributed by atoms with Gasteiger partial charge in [0.2, 0.25) is 5.89 Å². The summed E-state index contributed by atoms with van der Waals surface area (Å²) in [5.74, 6) is 1.12. The molecule has 2 aromatic rings. The maximum Gasteiger partial charge on any atom is 0.311 e. The van der Waals surface area contributed by atoms with Crippen LogP contribution in [0.2, 0.25) is 0 Å². The number of methoxy groups -OCH3 is 2. The normalized spacial score (nSPS) is 14.3. The second-order valence-corrected chi connectivity index (χ2v) is 6.75. The van der Waals surface area contributed by atoms with Crippen LogP contribution in [0.4, 0.5) is 0 Å². The van der Waals surface area contributed by atoms with Gasteiger partial charge in [-0.2, -0.15) is 0 Å². The van der Waals surface area contributed by atoms with E-state index < -0.39 is 0 Å². The maximum absolute atomic E-state index is 12.8. The van der Waals surface area contributed by atoms with Crippen molar-refractivity contribution in [1.82, 2.24) is 20.0 Å². The van der Waals surface area contributed by atoms with E-state index in [0.29, 0.717) is 49.1 Å². The van der Waals surface area contributed by atoms with Crippen LogP contribution in [0.1, 0.15) is 46.7 Å². The molecule has 0 unspecified atom stereocenters. The van der Waals surface area contributed by atoms with Gasteiger partial charge in [0.25, 0.3) is 5.91 Å². The van der Waals surface area contributed by atoms with Gasteiger partial charge in [-0.1, -0.05) is 13.8 Å². The number of piperazine rings is 1. The number of ether oxygens (including phenoxy) is 2. The van der Waals surface area contributed by atoms with Gasteiger partial charge in [-0.15, -0.1) is 10.2 Å². The molecule has 1 aliphatic rings. The summed E-state index contributed by atoms with van der Waals surface area (Å²) >= 11 is 0. The number of benzene rings is 1. The van der Waals surface area contributed by atoms with Gasteiger partial charge in [-0.3, -0.25) is 9.59 Å². The van der Waals surface area contributed by atoms with Crippen molar-refractivity contribution in [2.24, 2.45) is 0 Å². The number of carbonyl (C=O) groups excluding carboxylic acids is 2. The standard InChI is InChI=1S/C19H24N4O5/c1-12(2)16-20-21-17(28-16)19(25)23-9-7-22(8-10-23)18(24)13-5-6-14(26-3)15(11-13)27-4/h5-6,11-12H,7-10H2,1-4H3. The lowest BCUT2D eigenvalue weighted by atomic mass is 10.1. The molecular weight excluding hydrogens is 364 g/mol. The molecule has 9 heteroatoms. The quantitative estimate of drug-likeness (QED) is 0.770. The monoisotopic (exact) mass is 388 g/mol. The summed E-state index contributed by atoms with van der Waals surface area (Å²) in [6.07, 6.45) is 0. The Balaban J connectivity index is 1.63. The number of amides is 2. The van der Waals surface area contributed by atoms with Crippen molar-refractivity contribution >= 4 is 11.8 Å². The van der Waals surface area contributed by atoms with Crippen molar-refractivity contribution in [1.29, 1.82) is 0 Å². The van der Waals surface area contributed by atoms with Crippen LogP contribution in [0.15, 0.2) is 22.6 Å². The molecule has 9 nitrogen and oxygen atoms in total. The molecule has 0 saturated carbocycles. The lowest BCUT2D eigenvalue weighted by Gasteiger charge is -2.34. The topological polar surface area (TPSA) is 98.0 Å². The van der Waals surface area contributed by atoms with Crippen LogP contribution >= 0.6 is 0 Å². The van der Waals surface area contributed by atoms with Crippen LogP contribution in [-0.2, 0) is 0 Å². The minimum atomic E-state index is -0.308. The van der Waals surface area contributed by atoms with Gasteiger partial charge in [0.05, 0.1) is 14.2 Å². The molecule has 1 aliphatic heterocycles. The molecule has 1 saturated heterocycles. The Morgan fingerprint density at radius 1 is 0.964 bits per heavy atom. The van der Waals surface area contributed by atoms with E-state index in [1.165, 1.54) is 7.11 Å². The van der Waals surface area contributed by atoms with Crippen molar-refractivity contribution in [2.45, 2.75) is 19.8 Å². The van der Waals surface area contributed by atoms with Crippen LogP contribution in [-0.4, -0.2) is 72.2 Å². The van der Waals surface area contributed by atoms with E-state index in [1.807, 2.05) is 13.8 Å². The smallest absolute Gasteiger partial charge is 0.311 e. The van der Waals surface area contributed by atoms with Crippen molar-refractivity contribution in [3.8, 4) is 11.5 Å². The summed E-state index contributed by atoms with van der Waals surface area (Å²) in [7, 11) is 3.07. The van der Waals surface area contributed by atoms with E-state index in [4.69, 9.17) is 13.9 Å². The average molecular weight is 388 g/mol. The molecule has 0 N–H and O–H groups in total. The molecule has 1 aromatic heterocycles. The number of rotatable bonds is 5. The molecular formula is C19H24N4O5. The van der Waals surface area contributed by atoms with E-state index in [0.717, 1.165) is 0 Å². The third-order valence-corrected chi connectivity index (χ3v) is 4.60. The molecule has 0 atom stereocenters. The van der Waals surface area contributed by atoms with Gasteiger partial charge in [-0.05, 0) is 18.2 Å². The minimum absolute atomic E-state index is 0.0108. The molecule has 0 aliphatic carbocycles. The third-order valence-electron chi connectivity index (χ3n) is 4.60. The van der Waals surface area contributed by atoms with Crippen molar-refractivity contribution in [3.05, 3.63) is 35.5 Å². The Hall–Kier alpha value is -3.10. The summed E-state index contributed by atoms with van der Waals surface area (Å²) in [5.41, 5.74) is 0.510. The first-order chi connectivity index (χ1) is 13.4. The highest BCUT2D eigenvalue weighted by molar-refractivity contribution is 5.95. The van der Waals surface area contributed by atoms with Gasteiger partial charge >= 0.3 is 11.8 Å². The predicted molar refractivity (Wildman–Crippen MR) is 99.7 cm³/mol. The number of hydrogen-bond donors (Lipinski definition) is 0. The summed E-state index contributed by atoms with van der Waals surface area (Å²) in [6, 6.07) is 5.06. The fraction of sp³-hybridized carbons (Fsp3) is 0.474. The first kappa shape index (κ1) is 19.7. The van der Waals surface area contributed by atoms with Crippen LogP contribution in [0.25, 0.3) is 0 Å². The highest BCUT2D eigenvalue weighted by Crippen LogP contribution is 2.28. The largest absolute Gasteiger partial charge is 0.493 e. The number of carbonyl (C=O) groups is 2. The van der Waals surface area contributed by atoms with E-state index >= 15 is 0 Å². The van der Waals surface area contributed by atoms with E-state index in [-0.39, 0.29) is 23.6 Å². The Morgan fingerprint density at radius 3 is 2.11 bits per heavy atom. The fourth-order valence-corrected chi connectivity index (χ4v) is 2.95. The molecule has 0 spiro atoms. The Bertz CT molecular complexity index is 856. The lowest BCUT2D eigenvalue weighted by molar-refractivity contribution is 0.0512. The molecule has 2 heterocycles. The second-order valence-electron chi connectivity index (χ2n) is 6.75. The summed E-state index contributed by atoms with van der Waals surface area (Å²) in [6.45, 7) is 5.48. The van der Waals surface area contributed by atoms with Crippen molar-refractivity contribution in [2.75, 3.05) is 40.4 Å². The van der Waals surface area contributed by atoms with Crippen molar-refractivity contribution < 1.29 is 23.5 Å². The highest BCUT2D eigenvalue weighted by Gasteiger charge is 2.29. The van der Waals surface area contributed by atoms with E-state index in [9.17, 15) is 9.59 Å². The van der Waals surface area contributed by atoms with Gasteiger partial charge in [-0.25, -0.2) is 0 Å². The Morgan fingerprint density at radius 2 is 1.57 bits per heavy atom. The molecule has 0 radical (unpaired) electrons. The molecule has 0 bridgehead atoms. The maximum atomic E-state index is 12.8. The van der Waals surface area contributed by atoms with Gasteiger partial charge in [0, 0.05) is 37.7 Å². The zero-order valence-corrected chi connectivity index (χ0v) is 16.5. The summed E-state index contributed by atoms with van der Waals surface area (Å²) in [5, 5.41) is 7.73. The molecule has 3 rings (SSSR count). The number of hydrogen-bond acceptors (Lipinski definition) is 7. The van der Waals surface area contributed by atoms with E-state index in [2.05, 4.69) is 10.2 Å². The van der Waals surface area contributed by atoms with Gasteiger partial charge in [0.1, 0.15) is 0 Å². The van der Waals surface area contributed by atoms with Crippen LogP contribution in [0, 0.1) is 0 Å². The Kier molecular flexibility index (Phi) is 5.81. The molecule has 1 aromatic carbocycles. The first-order valence-corrected chi connectivity index (χ1v) is 9.08. The third kappa shape index (κ3) is 3.92. The minimum Gasteiger partial charge on any atom is -0.493 e. The molecule has 2 amide bonds. The predicted octanol–water partition coefficient (Wildman–Crippen LogP) is 1.81. The second kappa shape index (κ2) is 8.28. The van der Waals surface area contributed by atoms with Gasteiger partial charge < -0.3 is 23.7 Å². The summed E-state index contributed by atoms with van der Waals surface area (Å²) in [4.78, 5) is 28.6. The van der Waals surface area contributed by atoms with Gasteiger partial charge in [0.15, 0.2) is 11.5 Å². The number of aromatic nitrogens is 2. The van der Waals surface area contributed by atoms with Crippen LogP contribution in [0.3, 0.4) is 0 Å². The number of nitrogens with zero attached hydrogens (tertiary/aromatic N) is 4. The van der Waals surface area contributed by atoms with Crippen LogP contribution < -0.4 is 9.47 Å². The SMILES string of the molecule is COc1ccc(C(=O)N2CCN(C(=O)c3nnc(C(C)C)o3)CC2)cc1OC. The lowest BCUT2D eigenvalue weighted by Crippen LogP contribution is -2.50. The van der Waals surface area contributed by atoms with Crippen molar-refractivity contribution in [3.63, 3.8) is 0 Å². The zero-order valence-electron chi connectivity index (χ0n) is 16.5. The van der Waals surface area contributed by atoms with Crippen LogP contribution in [0.5, 0.6) is 11.5 Å². The fourth-order valence-electron chi connectivity index (χ4n) is 2.95.